The average molecular weight is 273 g/mol. The standard InChI is InChI=1S/C10H10ClFN4O2/c11-4-5-3-7(9(12)16-15-5)13-6-1-2-8(17)14-10(6)18/h3,6H,1-2,4H2,(H,13,15)(H,14,17,18). The summed E-state index contributed by atoms with van der Waals surface area (Å²) in [5.74, 6) is -1.52. The number of nitrogens with zero attached hydrogens (tertiary/aromatic N) is 2. The van der Waals surface area contributed by atoms with Crippen molar-refractivity contribution < 1.29 is 14.0 Å². The Kier molecular flexibility index (Phi) is 3.71. The van der Waals surface area contributed by atoms with Crippen LogP contribution in [0.5, 0.6) is 0 Å². The zero-order valence-corrected chi connectivity index (χ0v) is 10.00. The topological polar surface area (TPSA) is 84.0 Å². The first-order valence-corrected chi connectivity index (χ1v) is 5.82. The molecule has 1 atom stereocenters. The minimum atomic E-state index is -0.812. The number of nitrogens with one attached hydrogen (secondary N) is 2. The molecule has 1 unspecified atom stereocenters. The lowest BCUT2D eigenvalue weighted by atomic mass is 10.1. The summed E-state index contributed by atoms with van der Waals surface area (Å²) in [4.78, 5) is 22.5. The van der Waals surface area contributed by atoms with Crippen LogP contribution in [-0.4, -0.2) is 28.1 Å². The molecule has 0 saturated carbocycles. The Morgan fingerprint density at radius 1 is 1.50 bits per heavy atom. The Morgan fingerprint density at radius 3 is 2.94 bits per heavy atom. The van der Waals surface area contributed by atoms with Crippen molar-refractivity contribution in [3.63, 3.8) is 0 Å². The maximum absolute atomic E-state index is 13.4. The molecule has 2 rings (SSSR count). The van der Waals surface area contributed by atoms with Gasteiger partial charge in [0.15, 0.2) is 0 Å². The molecule has 1 aliphatic rings. The third kappa shape index (κ3) is 2.73. The first-order valence-electron chi connectivity index (χ1n) is 5.28. The van der Waals surface area contributed by atoms with Crippen molar-refractivity contribution in [2.75, 3.05) is 5.32 Å². The summed E-state index contributed by atoms with van der Waals surface area (Å²) < 4.78 is 13.4. The van der Waals surface area contributed by atoms with E-state index in [-0.39, 0.29) is 23.9 Å². The van der Waals surface area contributed by atoms with Crippen LogP contribution in [0.25, 0.3) is 0 Å². The average Bonchev–Trinajstić information content (AvgIpc) is 2.35. The van der Waals surface area contributed by atoms with Crippen LogP contribution in [0.2, 0.25) is 0 Å². The minimum absolute atomic E-state index is 0.0511. The number of alkyl halides is 1. The van der Waals surface area contributed by atoms with Crippen molar-refractivity contribution in [2.24, 2.45) is 0 Å². The van der Waals surface area contributed by atoms with Crippen molar-refractivity contribution in [3.8, 4) is 0 Å². The second kappa shape index (κ2) is 5.26. The maximum atomic E-state index is 13.4. The Bertz CT molecular complexity index is 497. The Labute approximate surface area is 107 Å². The van der Waals surface area contributed by atoms with Crippen LogP contribution in [0.1, 0.15) is 18.5 Å². The van der Waals surface area contributed by atoms with Crippen LogP contribution in [0, 0.1) is 5.95 Å². The lowest BCUT2D eigenvalue weighted by molar-refractivity contribution is -0.133. The van der Waals surface area contributed by atoms with Gasteiger partial charge >= 0.3 is 0 Å². The number of piperidine rings is 1. The zero-order chi connectivity index (χ0) is 13.1. The molecule has 2 heterocycles. The van der Waals surface area contributed by atoms with Gasteiger partial charge < -0.3 is 5.32 Å². The fourth-order valence-electron chi connectivity index (χ4n) is 1.60. The molecule has 1 fully saturated rings. The first-order chi connectivity index (χ1) is 8.60. The smallest absolute Gasteiger partial charge is 0.256 e. The number of hydrogen-bond acceptors (Lipinski definition) is 5. The molecular formula is C10H10ClFN4O2. The number of aromatic nitrogens is 2. The molecule has 2 N–H and O–H groups in total. The third-order valence-electron chi connectivity index (χ3n) is 2.51. The number of halogens is 2. The van der Waals surface area contributed by atoms with E-state index in [4.69, 9.17) is 11.6 Å². The van der Waals surface area contributed by atoms with Gasteiger partial charge in [0, 0.05) is 6.42 Å². The van der Waals surface area contributed by atoms with E-state index in [9.17, 15) is 14.0 Å². The molecule has 18 heavy (non-hydrogen) atoms. The van der Waals surface area contributed by atoms with Gasteiger partial charge in [-0.25, -0.2) is 0 Å². The number of imide groups is 1. The highest BCUT2D eigenvalue weighted by atomic mass is 35.5. The highest BCUT2D eigenvalue weighted by Crippen LogP contribution is 2.17. The molecule has 0 aromatic carbocycles. The number of rotatable bonds is 3. The molecular weight excluding hydrogens is 263 g/mol. The maximum Gasteiger partial charge on any atom is 0.256 e. The number of amides is 2. The zero-order valence-electron chi connectivity index (χ0n) is 9.24. The minimum Gasteiger partial charge on any atom is -0.370 e. The van der Waals surface area contributed by atoms with E-state index in [0.717, 1.165) is 0 Å². The van der Waals surface area contributed by atoms with Crippen molar-refractivity contribution in [3.05, 3.63) is 17.7 Å². The van der Waals surface area contributed by atoms with Gasteiger partial charge in [0.05, 0.1) is 17.3 Å². The van der Waals surface area contributed by atoms with E-state index >= 15 is 0 Å². The summed E-state index contributed by atoms with van der Waals surface area (Å²) in [5, 5.41) is 11.7. The van der Waals surface area contributed by atoms with Crippen molar-refractivity contribution in [1.82, 2.24) is 15.5 Å². The number of carbonyl (C=O) groups excluding carboxylic acids is 2. The quantitative estimate of drug-likeness (QED) is 0.621. The first kappa shape index (κ1) is 12.7. The molecule has 1 saturated heterocycles. The molecule has 2 amide bonds. The van der Waals surface area contributed by atoms with Crippen LogP contribution in [-0.2, 0) is 15.5 Å². The van der Waals surface area contributed by atoms with Crippen molar-refractivity contribution in [1.29, 1.82) is 0 Å². The molecule has 1 aromatic heterocycles. The van der Waals surface area contributed by atoms with E-state index in [1.807, 2.05) is 0 Å². The van der Waals surface area contributed by atoms with Crippen molar-refractivity contribution >= 4 is 29.1 Å². The fraction of sp³-hybridized carbons (Fsp3) is 0.400. The van der Waals surface area contributed by atoms with Gasteiger partial charge in [-0.1, -0.05) is 0 Å². The molecule has 6 nitrogen and oxygen atoms in total. The summed E-state index contributed by atoms with van der Waals surface area (Å²) in [5.41, 5.74) is 0.447. The number of hydrogen-bond donors (Lipinski definition) is 2. The molecule has 1 aromatic rings. The van der Waals surface area contributed by atoms with Gasteiger partial charge in [0.2, 0.25) is 11.8 Å². The SMILES string of the molecule is O=C1CCC(Nc2cc(CCl)nnc2F)C(=O)N1. The van der Waals surface area contributed by atoms with Gasteiger partial charge in [-0.05, 0) is 12.5 Å². The Hall–Kier alpha value is -1.76. The van der Waals surface area contributed by atoms with Crippen LogP contribution in [0.3, 0.4) is 0 Å². The second-order valence-corrected chi connectivity index (χ2v) is 4.09. The van der Waals surface area contributed by atoms with Gasteiger partial charge in [-0.3, -0.25) is 14.9 Å². The van der Waals surface area contributed by atoms with Crippen LogP contribution in [0.15, 0.2) is 6.07 Å². The van der Waals surface area contributed by atoms with E-state index in [1.54, 1.807) is 0 Å². The Balaban J connectivity index is 2.13. The predicted octanol–water partition coefficient (Wildman–Crippen LogP) is 0.572. The van der Waals surface area contributed by atoms with E-state index in [0.29, 0.717) is 12.1 Å². The molecule has 96 valence electrons. The van der Waals surface area contributed by atoms with Crippen molar-refractivity contribution in [2.45, 2.75) is 24.8 Å². The van der Waals surface area contributed by atoms with Crippen LogP contribution in [0.4, 0.5) is 10.1 Å². The van der Waals surface area contributed by atoms with Crippen LogP contribution < -0.4 is 10.6 Å². The Morgan fingerprint density at radius 2 is 2.28 bits per heavy atom. The third-order valence-corrected chi connectivity index (χ3v) is 2.78. The summed E-state index contributed by atoms with van der Waals surface area (Å²) in [7, 11) is 0. The summed E-state index contributed by atoms with van der Waals surface area (Å²) in [6.45, 7) is 0. The highest BCUT2D eigenvalue weighted by molar-refractivity contribution is 6.16. The summed E-state index contributed by atoms with van der Waals surface area (Å²) in [6, 6.07) is 0.726. The highest BCUT2D eigenvalue weighted by Gasteiger charge is 2.27. The monoisotopic (exact) mass is 272 g/mol. The molecule has 0 spiro atoms. The lowest BCUT2D eigenvalue weighted by Crippen LogP contribution is -2.47. The van der Waals surface area contributed by atoms with Gasteiger partial charge in [0.1, 0.15) is 6.04 Å². The summed E-state index contributed by atoms with van der Waals surface area (Å²) in [6.07, 6.45) is 0.522. The predicted molar refractivity (Wildman–Crippen MR) is 61.3 cm³/mol. The number of carbonyl (C=O) groups is 2. The fourth-order valence-corrected chi connectivity index (χ4v) is 1.73. The van der Waals surface area contributed by atoms with E-state index in [1.165, 1.54) is 6.07 Å². The molecule has 1 aliphatic heterocycles. The van der Waals surface area contributed by atoms with Gasteiger partial charge in [-0.15, -0.1) is 16.7 Å². The lowest BCUT2D eigenvalue weighted by Gasteiger charge is -2.22. The molecule has 0 radical (unpaired) electrons. The largest absolute Gasteiger partial charge is 0.370 e. The normalized spacial score (nSPS) is 19.6. The molecule has 0 aliphatic carbocycles. The van der Waals surface area contributed by atoms with Gasteiger partial charge in [0.25, 0.3) is 5.95 Å². The van der Waals surface area contributed by atoms with E-state index in [2.05, 4.69) is 20.8 Å². The van der Waals surface area contributed by atoms with E-state index < -0.39 is 17.9 Å². The molecule has 0 bridgehead atoms. The summed E-state index contributed by atoms with van der Waals surface area (Å²) >= 11 is 5.57. The second-order valence-electron chi connectivity index (χ2n) is 3.82. The van der Waals surface area contributed by atoms with Crippen LogP contribution >= 0.6 is 11.6 Å². The van der Waals surface area contributed by atoms with Gasteiger partial charge in [-0.2, -0.15) is 9.49 Å². The number of anilines is 1. The molecule has 8 heteroatoms.